The zero-order valence-electron chi connectivity index (χ0n) is 14.9. The summed E-state index contributed by atoms with van der Waals surface area (Å²) in [4.78, 5) is 39.8. The lowest BCUT2D eigenvalue weighted by Gasteiger charge is -2.17. The van der Waals surface area contributed by atoms with Gasteiger partial charge in [-0.05, 0) is 23.8 Å². The molecular formula is C19H15FN4O4. The summed E-state index contributed by atoms with van der Waals surface area (Å²) in [6, 6.07) is 6.60. The Bertz CT molecular complexity index is 1140. The number of aromatic nitrogens is 3. The summed E-state index contributed by atoms with van der Waals surface area (Å²) in [5.41, 5.74) is 1.32. The van der Waals surface area contributed by atoms with E-state index < -0.39 is 11.7 Å². The SMILES string of the molecule is CC(=O)c1cc(C(=O)NCc2ccc3c(c2)CC(=O)CO3)nc2c(F)cnn12. The molecule has 0 saturated carbocycles. The highest BCUT2D eigenvalue weighted by Gasteiger charge is 2.19. The van der Waals surface area contributed by atoms with Crippen LogP contribution in [0.4, 0.5) is 4.39 Å². The fourth-order valence-corrected chi connectivity index (χ4v) is 3.02. The van der Waals surface area contributed by atoms with Crippen molar-refractivity contribution in [1.82, 2.24) is 19.9 Å². The van der Waals surface area contributed by atoms with Crippen LogP contribution in [0.25, 0.3) is 5.65 Å². The number of rotatable bonds is 4. The monoisotopic (exact) mass is 382 g/mol. The molecule has 9 heteroatoms. The highest BCUT2D eigenvalue weighted by Crippen LogP contribution is 2.24. The Labute approximate surface area is 158 Å². The molecule has 0 aliphatic carbocycles. The van der Waals surface area contributed by atoms with E-state index in [-0.39, 0.29) is 48.2 Å². The van der Waals surface area contributed by atoms with Crippen molar-refractivity contribution in [2.45, 2.75) is 19.9 Å². The Morgan fingerprint density at radius 2 is 2.14 bits per heavy atom. The number of benzene rings is 1. The Morgan fingerprint density at radius 3 is 2.93 bits per heavy atom. The van der Waals surface area contributed by atoms with Gasteiger partial charge >= 0.3 is 0 Å². The molecule has 3 heterocycles. The molecule has 1 aliphatic heterocycles. The number of halogens is 1. The number of carbonyl (C=O) groups excluding carboxylic acids is 3. The third-order valence-corrected chi connectivity index (χ3v) is 4.38. The number of nitrogens with zero attached hydrogens (tertiary/aromatic N) is 3. The molecule has 0 unspecified atom stereocenters. The Balaban J connectivity index is 1.56. The van der Waals surface area contributed by atoms with Gasteiger partial charge in [0.2, 0.25) is 0 Å². The number of carbonyl (C=O) groups is 3. The summed E-state index contributed by atoms with van der Waals surface area (Å²) in [6.07, 6.45) is 1.23. The van der Waals surface area contributed by atoms with Gasteiger partial charge in [0.25, 0.3) is 5.91 Å². The zero-order valence-corrected chi connectivity index (χ0v) is 14.9. The van der Waals surface area contributed by atoms with Gasteiger partial charge in [-0.1, -0.05) is 6.07 Å². The highest BCUT2D eigenvalue weighted by molar-refractivity contribution is 5.98. The molecule has 4 rings (SSSR count). The number of hydrogen-bond acceptors (Lipinski definition) is 6. The quantitative estimate of drug-likeness (QED) is 0.686. The summed E-state index contributed by atoms with van der Waals surface area (Å²) < 4.78 is 20.3. The molecule has 142 valence electrons. The lowest BCUT2D eigenvalue weighted by atomic mass is 10.0. The van der Waals surface area contributed by atoms with Crippen LogP contribution in [0.15, 0.2) is 30.5 Å². The number of hydrogen-bond donors (Lipinski definition) is 1. The van der Waals surface area contributed by atoms with Crippen molar-refractivity contribution in [3.8, 4) is 5.75 Å². The van der Waals surface area contributed by atoms with Crippen molar-refractivity contribution in [3.05, 3.63) is 58.8 Å². The standard InChI is InChI=1S/C19H15FN4O4/c1-10(25)16-6-15(23-18-14(20)8-22-24(16)18)19(27)21-7-11-2-3-17-12(4-11)5-13(26)9-28-17/h2-4,6,8H,5,7,9H2,1H3,(H,21,27). The predicted molar refractivity (Wildman–Crippen MR) is 94.8 cm³/mol. The zero-order chi connectivity index (χ0) is 19.8. The first-order chi connectivity index (χ1) is 13.4. The van der Waals surface area contributed by atoms with Gasteiger partial charge in [-0.2, -0.15) is 5.10 Å². The van der Waals surface area contributed by atoms with Crippen LogP contribution in [-0.4, -0.2) is 38.7 Å². The lowest BCUT2D eigenvalue weighted by molar-refractivity contribution is -0.121. The molecular weight excluding hydrogens is 367 g/mol. The van der Waals surface area contributed by atoms with Crippen LogP contribution in [0.3, 0.4) is 0 Å². The Hall–Kier alpha value is -3.62. The number of fused-ring (bicyclic) bond motifs is 2. The summed E-state index contributed by atoms with van der Waals surface area (Å²) in [5.74, 6) is -1.01. The first kappa shape index (κ1) is 17.8. The van der Waals surface area contributed by atoms with Crippen LogP contribution in [0.2, 0.25) is 0 Å². The van der Waals surface area contributed by atoms with E-state index in [1.807, 2.05) is 0 Å². The molecule has 1 aliphatic rings. The molecule has 1 aromatic carbocycles. The van der Waals surface area contributed by atoms with Crippen molar-refractivity contribution in [1.29, 1.82) is 0 Å². The third-order valence-electron chi connectivity index (χ3n) is 4.38. The summed E-state index contributed by atoms with van der Waals surface area (Å²) in [6.45, 7) is 1.54. The number of nitrogens with one attached hydrogen (secondary N) is 1. The van der Waals surface area contributed by atoms with E-state index in [0.29, 0.717) is 5.75 Å². The van der Waals surface area contributed by atoms with E-state index >= 15 is 0 Å². The number of Topliss-reactive ketones (excluding diaryl/α,β-unsaturated/α-hetero) is 2. The maximum Gasteiger partial charge on any atom is 0.270 e. The lowest BCUT2D eigenvalue weighted by Crippen LogP contribution is -2.25. The van der Waals surface area contributed by atoms with Gasteiger partial charge in [0.15, 0.2) is 23.0 Å². The molecule has 2 aromatic heterocycles. The van der Waals surface area contributed by atoms with Gasteiger partial charge in [0.1, 0.15) is 23.7 Å². The predicted octanol–water partition coefficient (Wildman–Crippen LogP) is 1.51. The van der Waals surface area contributed by atoms with Crippen molar-refractivity contribution < 1.29 is 23.5 Å². The molecule has 1 N–H and O–H groups in total. The highest BCUT2D eigenvalue weighted by atomic mass is 19.1. The van der Waals surface area contributed by atoms with Gasteiger partial charge in [0, 0.05) is 25.5 Å². The second-order valence-electron chi connectivity index (χ2n) is 6.44. The van der Waals surface area contributed by atoms with E-state index in [9.17, 15) is 18.8 Å². The smallest absolute Gasteiger partial charge is 0.270 e. The number of ether oxygens (including phenoxy) is 1. The average molecular weight is 382 g/mol. The number of amides is 1. The van der Waals surface area contributed by atoms with Crippen molar-refractivity contribution in [3.63, 3.8) is 0 Å². The van der Waals surface area contributed by atoms with Crippen LogP contribution in [0.1, 0.15) is 39.0 Å². The molecule has 3 aromatic rings. The Morgan fingerprint density at radius 1 is 1.32 bits per heavy atom. The van der Waals surface area contributed by atoms with Crippen LogP contribution in [-0.2, 0) is 17.8 Å². The maximum atomic E-state index is 13.8. The molecule has 28 heavy (non-hydrogen) atoms. The van der Waals surface area contributed by atoms with E-state index in [0.717, 1.165) is 21.8 Å². The summed E-state index contributed by atoms with van der Waals surface area (Å²) in [5, 5.41) is 6.45. The van der Waals surface area contributed by atoms with Gasteiger partial charge in [-0.15, -0.1) is 0 Å². The molecule has 0 radical (unpaired) electrons. The van der Waals surface area contributed by atoms with Crippen LogP contribution in [0.5, 0.6) is 5.75 Å². The van der Waals surface area contributed by atoms with Gasteiger partial charge in [-0.25, -0.2) is 13.9 Å². The van der Waals surface area contributed by atoms with E-state index in [1.54, 1.807) is 18.2 Å². The number of ketones is 2. The minimum absolute atomic E-state index is 0.00853. The maximum absolute atomic E-state index is 13.8. The van der Waals surface area contributed by atoms with Gasteiger partial charge in [0.05, 0.1) is 6.20 Å². The second-order valence-corrected chi connectivity index (χ2v) is 6.44. The molecule has 0 fully saturated rings. The largest absolute Gasteiger partial charge is 0.486 e. The van der Waals surface area contributed by atoms with Crippen LogP contribution in [0, 0.1) is 5.82 Å². The first-order valence-corrected chi connectivity index (χ1v) is 8.52. The molecule has 0 spiro atoms. The minimum Gasteiger partial charge on any atom is -0.486 e. The fourth-order valence-electron chi connectivity index (χ4n) is 3.02. The molecule has 1 amide bonds. The summed E-state index contributed by atoms with van der Waals surface area (Å²) >= 11 is 0. The molecule has 0 saturated heterocycles. The van der Waals surface area contributed by atoms with E-state index in [1.165, 1.54) is 13.0 Å². The molecule has 0 atom stereocenters. The Kier molecular flexibility index (Phi) is 4.34. The fraction of sp³-hybridized carbons (Fsp3) is 0.211. The van der Waals surface area contributed by atoms with Gasteiger partial charge < -0.3 is 10.1 Å². The molecule has 0 bridgehead atoms. The third kappa shape index (κ3) is 3.22. The topological polar surface area (TPSA) is 103 Å². The van der Waals surface area contributed by atoms with E-state index in [2.05, 4.69) is 15.4 Å². The van der Waals surface area contributed by atoms with Crippen molar-refractivity contribution in [2.75, 3.05) is 6.61 Å². The van der Waals surface area contributed by atoms with Gasteiger partial charge in [-0.3, -0.25) is 14.4 Å². The normalized spacial score (nSPS) is 13.1. The summed E-state index contributed by atoms with van der Waals surface area (Å²) in [7, 11) is 0. The van der Waals surface area contributed by atoms with Crippen LogP contribution < -0.4 is 10.1 Å². The second kappa shape index (κ2) is 6.84. The van der Waals surface area contributed by atoms with Crippen molar-refractivity contribution in [2.24, 2.45) is 0 Å². The molecule has 8 nitrogen and oxygen atoms in total. The van der Waals surface area contributed by atoms with Crippen LogP contribution >= 0.6 is 0 Å². The minimum atomic E-state index is -0.725. The average Bonchev–Trinajstić information content (AvgIpc) is 3.05. The van der Waals surface area contributed by atoms with Crippen molar-refractivity contribution >= 4 is 23.1 Å². The first-order valence-electron chi connectivity index (χ1n) is 8.52. The van der Waals surface area contributed by atoms with E-state index in [4.69, 9.17) is 4.74 Å².